The zero-order valence-corrected chi connectivity index (χ0v) is 27.7. The molecule has 0 spiro atoms. The third kappa shape index (κ3) is 6.17. The Kier molecular flexibility index (Phi) is 8.49. The Balaban J connectivity index is 1.16. The van der Waals surface area contributed by atoms with Crippen LogP contribution >= 0.6 is 0 Å². The number of benzene rings is 1. The molecule has 46 heavy (non-hydrogen) atoms. The fraction of sp³-hybridized carbons (Fsp3) is 0.543. The van der Waals surface area contributed by atoms with E-state index in [0.29, 0.717) is 37.3 Å². The molecule has 3 aliphatic rings. The molecule has 11 heteroatoms. The number of nitrogens with zero attached hydrogens (tertiary/aromatic N) is 7. The van der Waals surface area contributed by atoms with Gasteiger partial charge in [-0.25, -0.2) is 9.78 Å². The van der Waals surface area contributed by atoms with Crippen LogP contribution in [0, 0.1) is 31.1 Å². The number of piperidine rings is 1. The second kappa shape index (κ2) is 12.4. The number of likely N-dealkylation sites (tertiary alicyclic amines) is 1. The SMILES string of the molecule is Cc1c(C#N)cccc1[C@@H](C)Nc1nnc(C)c2cnc(N3CC4CCC(C3)N4C(=O)C3CCN(C(=O)OC(C)(C)C)CC3)cc12. The fourth-order valence-corrected chi connectivity index (χ4v) is 7.26. The highest BCUT2D eigenvalue weighted by Crippen LogP contribution is 2.37. The highest BCUT2D eigenvalue weighted by Gasteiger charge is 2.45. The second-order valence-electron chi connectivity index (χ2n) is 14.0. The summed E-state index contributed by atoms with van der Waals surface area (Å²) in [5.74, 6) is 1.70. The molecule has 1 aromatic carbocycles. The first-order valence-corrected chi connectivity index (χ1v) is 16.4. The summed E-state index contributed by atoms with van der Waals surface area (Å²) in [6.45, 7) is 14.1. The van der Waals surface area contributed by atoms with E-state index >= 15 is 0 Å². The van der Waals surface area contributed by atoms with Gasteiger partial charge in [0.05, 0.1) is 23.4 Å². The number of hydrogen-bond donors (Lipinski definition) is 1. The lowest BCUT2D eigenvalue weighted by atomic mass is 9.94. The summed E-state index contributed by atoms with van der Waals surface area (Å²) in [5.41, 5.74) is 2.93. The third-order valence-electron chi connectivity index (χ3n) is 9.71. The number of nitriles is 1. The van der Waals surface area contributed by atoms with Gasteiger partial charge in [-0.3, -0.25) is 4.79 Å². The number of aryl methyl sites for hydroxylation is 1. The summed E-state index contributed by atoms with van der Waals surface area (Å²) in [5, 5.41) is 23.9. The minimum absolute atomic E-state index is 0.0678. The van der Waals surface area contributed by atoms with Gasteiger partial charge in [0, 0.05) is 61.1 Å². The van der Waals surface area contributed by atoms with Gasteiger partial charge in [-0.2, -0.15) is 10.4 Å². The highest BCUT2D eigenvalue weighted by molar-refractivity contribution is 5.94. The van der Waals surface area contributed by atoms with Crippen LogP contribution < -0.4 is 10.2 Å². The van der Waals surface area contributed by atoms with Crippen molar-refractivity contribution in [2.75, 3.05) is 36.4 Å². The Morgan fingerprint density at radius 2 is 1.74 bits per heavy atom. The average molecular weight is 625 g/mol. The molecule has 242 valence electrons. The first-order valence-electron chi connectivity index (χ1n) is 16.4. The maximum Gasteiger partial charge on any atom is 0.410 e. The van der Waals surface area contributed by atoms with Crippen LogP contribution in [0.4, 0.5) is 16.4 Å². The zero-order chi connectivity index (χ0) is 32.7. The number of ether oxygens (including phenoxy) is 1. The van der Waals surface area contributed by atoms with Gasteiger partial charge in [-0.15, -0.1) is 5.10 Å². The van der Waals surface area contributed by atoms with Gasteiger partial charge >= 0.3 is 6.09 Å². The number of hydrogen-bond acceptors (Lipinski definition) is 9. The molecule has 2 unspecified atom stereocenters. The summed E-state index contributed by atoms with van der Waals surface area (Å²) in [6, 6.07) is 10.3. The monoisotopic (exact) mass is 624 g/mol. The van der Waals surface area contributed by atoms with Crippen LogP contribution in [0.15, 0.2) is 30.5 Å². The maximum atomic E-state index is 13.8. The van der Waals surface area contributed by atoms with Gasteiger partial charge in [-0.1, -0.05) is 12.1 Å². The number of anilines is 2. The molecular weight excluding hydrogens is 580 g/mol. The summed E-state index contributed by atoms with van der Waals surface area (Å²) < 4.78 is 5.54. The number of pyridine rings is 1. The molecule has 3 saturated heterocycles. The van der Waals surface area contributed by atoms with E-state index in [1.54, 1.807) is 4.90 Å². The first kappa shape index (κ1) is 31.5. The molecule has 0 aliphatic carbocycles. The number of fused-ring (bicyclic) bond motifs is 3. The molecule has 3 atom stereocenters. The van der Waals surface area contributed by atoms with Crippen LogP contribution in [-0.2, 0) is 9.53 Å². The van der Waals surface area contributed by atoms with Gasteiger partial charge < -0.3 is 24.8 Å². The molecule has 6 rings (SSSR count). The van der Waals surface area contributed by atoms with Gasteiger partial charge in [0.1, 0.15) is 11.4 Å². The van der Waals surface area contributed by atoms with Gasteiger partial charge in [0.25, 0.3) is 0 Å². The Morgan fingerprint density at radius 3 is 2.39 bits per heavy atom. The van der Waals surface area contributed by atoms with Crippen molar-refractivity contribution in [3.63, 3.8) is 0 Å². The smallest absolute Gasteiger partial charge is 0.410 e. The largest absolute Gasteiger partial charge is 0.444 e. The molecule has 3 aromatic rings. The summed E-state index contributed by atoms with van der Waals surface area (Å²) in [7, 11) is 0. The number of carbonyl (C=O) groups excluding carboxylic acids is 2. The Morgan fingerprint density at radius 1 is 1.04 bits per heavy atom. The minimum atomic E-state index is -0.532. The van der Waals surface area contributed by atoms with Crippen LogP contribution in [0.25, 0.3) is 10.8 Å². The van der Waals surface area contributed by atoms with Gasteiger partial charge in [0.2, 0.25) is 5.91 Å². The molecule has 2 bridgehead atoms. The van der Waals surface area contributed by atoms with Crippen molar-refractivity contribution in [2.45, 2.75) is 91.0 Å². The van der Waals surface area contributed by atoms with Crippen molar-refractivity contribution in [1.29, 1.82) is 5.26 Å². The normalized spacial score (nSPS) is 20.8. The molecule has 1 N–H and O–H groups in total. The van der Waals surface area contributed by atoms with E-state index in [-0.39, 0.29) is 36.0 Å². The molecule has 11 nitrogen and oxygen atoms in total. The molecular formula is C35H44N8O3. The van der Waals surface area contributed by atoms with Crippen LogP contribution in [0.1, 0.15) is 81.8 Å². The van der Waals surface area contributed by atoms with Crippen molar-refractivity contribution in [3.8, 4) is 6.07 Å². The highest BCUT2D eigenvalue weighted by atomic mass is 16.6. The molecule has 3 aliphatic heterocycles. The standard InChI is InChI=1S/C35H44N8O3/c1-21-25(17-36)8-7-9-28(21)22(2)38-32-29-16-31(37-18-30(29)23(3)39-40-32)42-19-26-10-11-27(20-42)43(26)33(44)24-12-14-41(15-13-24)34(45)46-35(4,5)6/h7-9,16,18,22,24,26-27H,10-15,19-20H2,1-6H3,(H,38,40)/t22-,26?,27?/m1/s1. The summed E-state index contributed by atoms with van der Waals surface area (Å²) >= 11 is 0. The van der Waals surface area contributed by atoms with Crippen molar-refractivity contribution >= 4 is 34.4 Å². The fourth-order valence-electron chi connectivity index (χ4n) is 7.26. The minimum Gasteiger partial charge on any atom is -0.444 e. The maximum absolute atomic E-state index is 13.8. The number of aromatic nitrogens is 3. The Hall–Kier alpha value is -4.46. The van der Waals surface area contributed by atoms with E-state index in [4.69, 9.17) is 9.72 Å². The van der Waals surface area contributed by atoms with Gasteiger partial charge in [-0.05, 0) is 90.5 Å². The quantitative estimate of drug-likeness (QED) is 0.391. The molecule has 2 amide bonds. The van der Waals surface area contributed by atoms with Crippen LogP contribution in [0.5, 0.6) is 0 Å². The van der Waals surface area contributed by atoms with E-state index in [2.05, 4.69) is 44.4 Å². The van der Waals surface area contributed by atoms with E-state index in [1.165, 1.54) is 0 Å². The average Bonchev–Trinajstić information content (AvgIpc) is 3.29. The van der Waals surface area contributed by atoms with Gasteiger partial charge in [0.15, 0.2) is 5.82 Å². The number of amides is 2. The summed E-state index contributed by atoms with van der Waals surface area (Å²) in [4.78, 5) is 37.4. The predicted molar refractivity (Wildman–Crippen MR) is 176 cm³/mol. The van der Waals surface area contributed by atoms with E-state index in [1.807, 2.05) is 59.0 Å². The molecule has 5 heterocycles. The Bertz CT molecular complexity index is 1670. The third-order valence-corrected chi connectivity index (χ3v) is 9.71. The van der Waals surface area contributed by atoms with Crippen molar-refractivity contribution in [1.82, 2.24) is 25.0 Å². The molecule has 0 radical (unpaired) electrons. The van der Waals surface area contributed by atoms with Crippen molar-refractivity contribution in [3.05, 3.63) is 52.8 Å². The van der Waals surface area contributed by atoms with Crippen LogP contribution in [0.3, 0.4) is 0 Å². The number of rotatable bonds is 5. The zero-order valence-electron chi connectivity index (χ0n) is 27.7. The first-order chi connectivity index (χ1) is 21.9. The van der Waals surface area contributed by atoms with Crippen LogP contribution in [-0.4, -0.2) is 80.8 Å². The number of piperazine rings is 1. The molecule has 3 fully saturated rings. The number of nitrogens with one attached hydrogen (secondary N) is 1. The van der Waals surface area contributed by atoms with Crippen molar-refractivity contribution < 1.29 is 14.3 Å². The lowest BCUT2D eigenvalue weighted by molar-refractivity contribution is -0.140. The lowest BCUT2D eigenvalue weighted by Crippen LogP contribution is -2.58. The number of carbonyl (C=O) groups is 2. The lowest BCUT2D eigenvalue weighted by Gasteiger charge is -2.44. The van der Waals surface area contributed by atoms with E-state index in [0.717, 1.165) is 59.3 Å². The van der Waals surface area contributed by atoms with E-state index < -0.39 is 5.60 Å². The summed E-state index contributed by atoms with van der Waals surface area (Å²) in [6.07, 6.45) is 4.87. The second-order valence-corrected chi connectivity index (χ2v) is 14.0. The Labute approximate surface area is 270 Å². The molecule has 0 saturated carbocycles. The molecule has 2 aromatic heterocycles. The topological polar surface area (TPSA) is 128 Å². The van der Waals surface area contributed by atoms with Crippen molar-refractivity contribution in [2.24, 2.45) is 5.92 Å². The van der Waals surface area contributed by atoms with Crippen LogP contribution in [0.2, 0.25) is 0 Å². The predicted octanol–water partition coefficient (Wildman–Crippen LogP) is 5.51. The van der Waals surface area contributed by atoms with E-state index in [9.17, 15) is 14.9 Å².